The van der Waals surface area contributed by atoms with E-state index < -0.39 is 0 Å². The number of hydrogen-bond acceptors (Lipinski definition) is 4. The van der Waals surface area contributed by atoms with Crippen molar-refractivity contribution in [2.24, 2.45) is 0 Å². The number of carbonyl (C=O) groups excluding carboxylic acids is 2. The Bertz CT molecular complexity index is 762. The molecule has 6 heteroatoms. The van der Waals surface area contributed by atoms with E-state index in [2.05, 4.69) is 10.3 Å². The van der Waals surface area contributed by atoms with E-state index in [0.29, 0.717) is 19.5 Å². The molecule has 0 saturated carbocycles. The lowest BCUT2D eigenvalue weighted by Crippen LogP contribution is -2.39. The maximum absolute atomic E-state index is 12.7. The van der Waals surface area contributed by atoms with Crippen molar-refractivity contribution in [1.82, 2.24) is 15.2 Å². The summed E-state index contributed by atoms with van der Waals surface area (Å²) >= 11 is 0. The molecule has 1 aliphatic heterocycles. The molecule has 1 fully saturated rings. The quantitative estimate of drug-likeness (QED) is 0.889. The molecule has 0 spiro atoms. The van der Waals surface area contributed by atoms with Crippen molar-refractivity contribution in [3.8, 4) is 5.75 Å². The number of carbonyl (C=O) groups is 2. The van der Waals surface area contributed by atoms with Crippen molar-refractivity contribution in [3.63, 3.8) is 0 Å². The summed E-state index contributed by atoms with van der Waals surface area (Å²) in [5.74, 6) is 0.819. The third kappa shape index (κ3) is 4.20. The van der Waals surface area contributed by atoms with Crippen molar-refractivity contribution in [3.05, 3.63) is 59.9 Å². The third-order valence-corrected chi connectivity index (χ3v) is 4.71. The molecule has 0 bridgehead atoms. The van der Waals surface area contributed by atoms with Crippen LogP contribution in [-0.4, -0.2) is 47.9 Å². The number of ether oxygens (including phenoxy) is 1. The predicted octanol–water partition coefficient (Wildman–Crippen LogP) is 1.76. The topological polar surface area (TPSA) is 71.5 Å². The van der Waals surface area contributed by atoms with E-state index in [0.717, 1.165) is 16.9 Å². The molecule has 0 unspecified atom stereocenters. The van der Waals surface area contributed by atoms with E-state index in [1.165, 1.54) is 6.92 Å². The van der Waals surface area contributed by atoms with Crippen LogP contribution >= 0.6 is 0 Å². The van der Waals surface area contributed by atoms with Crippen LogP contribution in [0, 0.1) is 0 Å². The Morgan fingerprint density at radius 1 is 1.15 bits per heavy atom. The van der Waals surface area contributed by atoms with Crippen molar-refractivity contribution in [1.29, 1.82) is 0 Å². The number of methoxy groups -OCH3 is 1. The summed E-state index contributed by atoms with van der Waals surface area (Å²) in [6.07, 6.45) is 3.71. The van der Waals surface area contributed by atoms with Crippen LogP contribution in [0.1, 0.15) is 24.0 Å². The van der Waals surface area contributed by atoms with E-state index in [9.17, 15) is 9.59 Å². The zero-order chi connectivity index (χ0) is 18.5. The number of rotatable bonds is 5. The summed E-state index contributed by atoms with van der Waals surface area (Å²) in [5.41, 5.74) is 2.03. The summed E-state index contributed by atoms with van der Waals surface area (Å²) in [5, 5.41) is 2.99. The van der Waals surface area contributed by atoms with Gasteiger partial charge in [0, 0.05) is 38.3 Å². The second-order valence-corrected chi connectivity index (χ2v) is 6.52. The fourth-order valence-electron chi connectivity index (χ4n) is 3.39. The number of likely N-dealkylation sites (tertiary alicyclic amines) is 1. The summed E-state index contributed by atoms with van der Waals surface area (Å²) in [4.78, 5) is 30.1. The molecule has 6 nitrogen and oxygen atoms in total. The average molecular weight is 353 g/mol. The largest absolute Gasteiger partial charge is 0.497 e. The van der Waals surface area contributed by atoms with Crippen LogP contribution < -0.4 is 10.1 Å². The molecule has 3 rings (SSSR count). The first-order valence-electron chi connectivity index (χ1n) is 8.64. The Balaban J connectivity index is 1.75. The van der Waals surface area contributed by atoms with Crippen LogP contribution in [0.15, 0.2) is 48.8 Å². The number of benzene rings is 1. The van der Waals surface area contributed by atoms with Crippen molar-refractivity contribution < 1.29 is 14.3 Å². The highest BCUT2D eigenvalue weighted by Crippen LogP contribution is 2.29. The summed E-state index contributed by atoms with van der Waals surface area (Å²) < 4.78 is 5.21. The number of nitrogens with zero attached hydrogens (tertiary/aromatic N) is 2. The average Bonchev–Trinajstić information content (AvgIpc) is 3.06. The molecule has 2 aromatic rings. The highest BCUT2D eigenvalue weighted by atomic mass is 16.5. The highest BCUT2D eigenvalue weighted by Gasteiger charge is 2.36. The van der Waals surface area contributed by atoms with Crippen molar-refractivity contribution in [2.45, 2.75) is 25.3 Å². The molecule has 1 aromatic heterocycles. The van der Waals surface area contributed by atoms with E-state index in [1.54, 1.807) is 19.5 Å². The van der Waals surface area contributed by atoms with Gasteiger partial charge < -0.3 is 15.0 Å². The summed E-state index contributed by atoms with van der Waals surface area (Å²) in [6, 6.07) is 11.4. The van der Waals surface area contributed by atoms with Gasteiger partial charge in [-0.3, -0.25) is 14.6 Å². The van der Waals surface area contributed by atoms with Gasteiger partial charge in [0.05, 0.1) is 19.6 Å². The summed E-state index contributed by atoms with van der Waals surface area (Å²) in [6.45, 7) is 2.61. The van der Waals surface area contributed by atoms with Crippen molar-refractivity contribution >= 4 is 11.8 Å². The van der Waals surface area contributed by atoms with Gasteiger partial charge in [-0.1, -0.05) is 12.1 Å². The molecular formula is C20H23N3O3. The van der Waals surface area contributed by atoms with Crippen LogP contribution in [0.25, 0.3) is 0 Å². The predicted molar refractivity (Wildman–Crippen MR) is 97.9 cm³/mol. The van der Waals surface area contributed by atoms with Crippen molar-refractivity contribution in [2.75, 3.05) is 20.2 Å². The molecule has 1 saturated heterocycles. The second-order valence-electron chi connectivity index (χ2n) is 6.52. The second kappa shape index (κ2) is 7.99. The van der Waals surface area contributed by atoms with E-state index in [1.807, 2.05) is 41.3 Å². The summed E-state index contributed by atoms with van der Waals surface area (Å²) in [7, 11) is 1.63. The fourth-order valence-corrected chi connectivity index (χ4v) is 3.39. The Hall–Kier alpha value is -2.89. The molecular weight excluding hydrogens is 330 g/mol. The number of hydrogen-bond donors (Lipinski definition) is 1. The van der Waals surface area contributed by atoms with Crippen LogP contribution in [0.3, 0.4) is 0 Å². The van der Waals surface area contributed by atoms with Gasteiger partial charge in [0.15, 0.2) is 0 Å². The molecule has 2 atom stereocenters. The van der Waals surface area contributed by atoms with E-state index in [4.69, 9.17) is 4.74 Å². The molecule has 1 aliphatic rings. The van der Waals surface area contributed by atoms with Gasteiger partial charge >= 0.3 is 0 Å². The van der Waals surface area contributed by atoms with Gasteiger partial charge in [0.25, 0.3) is 0 Å². The standard InChI is InChI=1S/C20H23N3O3/c1-14(24)22-19-13-23(20(25)11-15-7-9-21-10-8-15)12-18(19)16-3-5-17(26-2)6-4-16/h3-10,18-19H,11-13H2,1-2H3,(H,22,24)/t18-,19+/m0/s1. The molecule has 1 N–H and O–H groups in total. The monoisotopic (exact) mass is 353 g/mol. The van der Waals surface area contributed by atoms with Crippen LogP contribution in [-0.2, 0) is 16.0 Å². The number of amides is 2. The lowest BCUT2D eigenvalue weighted by Gasteiger charge is -2.19. The van der Waals surface area contributed by atoms with E-state index in [-0.39, 0.29) is 23.8 Å². The molecule has 0 aliphatic carbocycles. The lowest BCUT2D eigenvalue weighted by molar-refractivity contribution is -0.129. The van der Waals surface area contributed by atoms with Crippen LogP contribution in [0.4, 0.5) is 0 Å². The Morgan fingerprint density at radius 3 is 2.46 bits per heavy atom. The lowest BCUT2D eigenvalue weighted by atomic mass is 9.94. The minimum atomic E-state index is -0.0951. The minimum Gasteiger partial charge on any atom is -0.497 e. The first-order chi connectivity index (χ1) is 12.6. The van der Waals surface area contributed by atoms with Gasteiger partial charge in [-0.25, -0.2) is 0 Å². The Morgan fingerprint density at radius 2 is 1.85 bits per heavy atom. The molecule has 136 valence electrons. The zero-order valence-corrected chi connectivity index (χ0v) is 15.0. The fraction of sp³-hybridized carbons (Fsp3) is 0.350. The number of nitrogens with one attached hydrogen (secondary N) is 1. The molecule has 2 amide bonds. The molecule has 26 heavy (non-hydrogen) atoms. The third-order valence-electron chi connectivity index (χ3n) is 4.71. The Labute approximate surface area is 153 Å². The van der Waals surface area contributed by atoms with Gasteiger partial charge in [-0.2, -0.15) is 0 Å². The smallest absolute Gasteiger partial charge is 0.227 e. The maximum atomic E-state index is 12.7. The van der Waals surface area contributed by atoms with Gasteiger partial charge in [-0.15, -0.1) is 0 Å². The van der Waals surface area contributed by atoms with Gasteiger partial charge in [-0.05, 0) is 35.4 Å². The van der Waals surface area contributed by atoms with Gasteiger partial charge in [0.1, 0.15) is 5.75 Å². The molecule has 2 heterocycles. The number of aromatic nitrogens is 1. The van der Waals surface area contributed by atoms with Crippen LogP contribution in [0.2, 0.25) is 0 Å². The Kier molecular flexibility index (Phi) is 5.51. The number of pyridine rings is 1. The maximum Gasteiger partial charge on any atom is 0.227 e. The highest BCUT2D eigenvalue weighted by molar-refractivity contribution is 5.80. The SMILES string of the molecule is COc1ccc([C@@H]2CN(C(=O)Cc3ccncc3)C[C@H]2NC(C)=O)cc1. The first kappa shape index (κ1) is 17.9. The first-order valence-corrected chi connectivity index (χ1v) is 8.64. The minimum absolute atomic E-state index is 0.0579. The molecule has 0 radical (unpaired) electrons. The van der Waals surface area contributed by atoms with E-state index >= 15 is 0 Å². The zero-order valence-electron chi connectivity index (χ0n) is 15.0. The van der Waals surface area contributed by atoms with Crippen LogP contribution in [0.5, 0.6) is 5.75 Å². The molecule has 1 aromatic carbocycles. The normalized spacial score (nSPS) is 19.2. The van der Waals surface area contributed by atoms with Gasteiger partial charge in [0.2, 0.25) is 11.8 Å².